The van der Waals surface area contributed by atoms with E-state index in [4.69, 9.17) is 0 Å². The van der Waals surface area contributed by atoms with Gasteiger partial charge in [0.1, 0.15) is 5.75 Å². The van der Waals surface area contributed by atoms with Gasteiger partial charge in [0.15, 0.2) is 5.78 Å². The Balaban J connectivity index is 2.30. The van der Waals surface area contributed by atoms with Gasteiger partial charge in [-0.25, -0.2) is 0 Å². The first-order chi connectivity index (χ1) is 7.16. The average molecular weight is 204 g/mol. The van der Waals surface area contributed by atoms with E-state index >= 15 is 0 Å². The van der Waals surface area contributed by atoms with E-state index in [0.717, 1.165) is 5.56 Å². The first-order valence-electron chi connectivity index (χ1n) is 4.87. The molecular formula is C12H12O3. The van der Waals surface area contributed by atoms with Crippen molar-refractivity contribution < 1.29 is 15.0 Å². The molecule has 0 saturated carbocycles. The first kappa shape index (κ1) is 9.77. The van der Waals surface area contributed by atoms with Crippen LogP contribution in [0.3, 0.4) is 0 Å². The van der Waals surface area contributed by atoms with E-state index in [1.54, 1.807) is 18.2 Å². The molecule has 0 saturated heterocycles. The second-order valence-electron chi connectivity index (χ2n) is 3.77. The third-order valence-corrected chi connectivity index (χ3v) is 2.61. The predicted octanol–water partition coefficient (Wildman–Crippen LogP) is 2.28. The molecule has 0 aromatic heterocycles. The molecule has 78 valence electrons. The molecule has 3 nitrogen and oxygen atoms in total. The van der Waals surface area contributed by atoms with Gasteiger partial charge in [0, 0.05) is 24.8 Å². The molecule has 0 spiro atoms. The van der Waals surface area contributed by atoms with Gasteiger partial charge in [0.25, 0.3) is 0 Å². The molecule has 3 heteroatoms. The summed E-state index contributed by atoms with van der Waals surface area (Å²) >= 11 is 0. The van der Waals surface area contributed by atoms with Crippen molar-refractivity contribution in [3.8, 4) is 5.75 Å². The Kier molecular flexibility index (Phi) is 2.46. The number of carbonyl (C=O) groups is 1. The SMILES string of the molecule is O=C1C=C(O)C[C@@H](c2ccccc2O)C1. The third-order valence-electron chi connectivity index (χ3n) is 2.61. The van der Waals surface area contributed by atoms with Crippen molar-refractivity contribution >= 4 is 5.78 Å². The average Bonchev–Trinajstić information content (AvgIpc) is 2.16. The predicted molar refractivity (Wildman–Crippen MR) is 55.8 cm³/mol. The van der Waals surface area contributed by atoms with Gasteiger partial charge >= 0.3 is 0 Å². The maximum Gasteiger partial charge on any atom is 0.159 e. The topological polar surface area (TPSA) is 57.5 Å². The van der Waals surface area contributed by atoms with Gasteiger partial charge in [0.2, 0.25) is 0 Å². The molecule has 0 heterocycles. The maximum atomic E-state index is 11.3. The van der Waals surface area contributed by atoms with Gasteiger partial charge < -0.3 is 10.2 Å². The van der Waals surface area contributed by atoms with Crippen LogP contribution in [0.4, 0.5) is 0 Å². The minimum Gasteiger partial charge on any atom is -0.512 e. The minimum absolute atomic E-state index is 0.0907. The summed E-state index contributed by atoms with van der Waals surface area (Å²) in [6.07, 6.45) is 2.03. The van der Waals surface area contributed by atoms with Crippen molar-refractivity contribution in [3.05, 3.63) is 41.7 Å². The molecule has 1 aliphatic rings. The maximum absolute atomic E-state index is 11.3. The Morgan fingerprint density at radius 2 is 1.87 bits per heavy atom. The van der Waals surface area contributed by atoms with Crippen molar-refractivity contribution in [1.29, 1.82) is 0 Å². The standard InChI is InChI=1S/C12H12O3/c13-9-5-8(6-10(14)7-9)11-3-1-2-4-12(11)15/h1-4,7-8,13,15H,5-6H2/t8-/m1/s1. The number of aliphatic hydroxyl groups is 1. The zero-order valence-corrected chi connectivity index (χ0v) is 8.18. The van der Waals surface area contributed by atoms with Crippen LogP contribution in [0.1, 0.15) is 24.3 Å². The lowest BCUT2D eigenvalue weighted by Gasteiger charge is -2.20. The molecule has 2 N–H and O–H groups in total. The molecule has 1 aromatic carbocycles. The van der Waals surface area contributed by atoms with E-state index in [0.29, 0.717) is 12.8 Å². The molecule has 2 rings (SSSR count). The fourth-order valence-electron chi connectivity index (χ4n) is 1.92. The smallest absolute Gasteiger partial charge is 0.159 e. The Labute approximate surface area is 87.7 Å². The van der Waals surface area contributed by atoms with Gasteiger partial charge in [-0.2, -0.15) is 0 Å². The molecule has 0 aliphatic heterocycles. The van der Waals surface area contributed by atoms with Crippen LogP contribution in [-0.4, -0.2) is 16.0 Å². The summed E-state index contributed by atoms with van der Waals surface area (Å²) in [7, 11) is 0. The number of rotatable bonds is 1. The van der Waals surface area contributed by atoms with E-state index < -0.39 is 0 Å². The third kappa shape index (κ3) is 2.01. The van der Waals surface area contributed by atoms with Crippen LogP contribution in [0, 0.1) is 0 Å². The minimum atomic E-state index is -0.108. The second kappa shape index (κ2) is 3.77. The van der Waals surface area contributed by atoms with Crippen LogP contribution in [0.5, 0.6) is 5.75 Å². The van der Waals surface area contributed by atoms with Crippen LogP contribution in [-0.2, 0) is 4.79 Å². The summed E-state index contributed by atoms with van der Waals surface area (Å²) in [6, 6.07) is 6.93. The lowest BCUT2D eigenvalue weighted by molar-refractivity contribution is -0.115. The molecule has 0 amide bonds. The fraction of sp³-hybridized carbons (Fsp3) is 0.250. The second-order valence-corrected chi connectivity index (χ2v) is 3.77. The molecule has 0 bridgehead atoms. The van der Waals surface area contributed by atoms with Crippen LogP contribution in [0.15, 0.2) is 36.1 Å². The number of ketones is 1. The summed E-state index contributed by atoms with van der Waals surface area (Å²) in [4.78, 5) is 11.3. The lowest BCUT2D eigenvalue weighted by Crippen LogP contribution is -2.12. The summed E-state index contributed by atoms with van der Waals surface area (Å²) < 4.78 is 0. The number of allylic oxidation sites excluding steroid dienone is 2. The van der Waals surface area contributed by atoms with Crippen LogP contribution in [0.25, 0.3) is 0 Å². The molecule has 0 radical (unpaired) electrons. The number of benzene rings is 1. The van der Waals surface area contributed by atoms with Gasteiger partial charge in [-0.05, 0) is 11.6 Å². The lowest BCUT2D eigenvalue weighted by atomic mass is 9.86. The molecule has 1 aliphatic carbocycles. The molecule has 0 unspecified atom stereocenters. The molecule has 15 heavy (non-hydrogen) atoms. The molecule has 1 atom stereocenters. The summed E-state index contributed by atoms with van der Waals surface area (Å²) in [6.45, 7) is 0. The van der Waals surface area contributed by atoms with Crippen molar-refractivity contribution in [2.24, 2.45) is 0 Å². The summed E-state index contributed by atoms with van der Waals surface area (Å²) in [5.74, 6) is 0.0835. The number of phenolic OH excluding ortho intramolecular Hbond substituents is 1. The monoisotopic (exact) mass is 204 g/mol. The van der Waals surface area contributed by atoms with Crippen molar-refractivity contribution in [1.82, 2.24) is 0 Å². The highest BCUT2D eigenvalue weighted by atomic mass is 16.3. The largest absolute Gasteiger partial charge is 0.512 e. The number of aliphatic hydroxyl groups excluding tert-OH is 1. The van der Waals surface area contributed by atoms with Gasteiger partial charge in [-0.3, -0.25) is 4.79 Å². The Morgan fingerprint density at radius 1 is 1.13 bits per heavy atom. The van der Waals surface area contributed by atoms with Crippen molar-refractivity contribution in [2.45, 2.75) is 18.8 Å². The number of carbonyl (C=O) groups excluding carboxylic acids is 1. The van der Waals surface area contributed by atoms with Gasteiger partial charge in [-0.15, -0.1) is 0 Å². The Bertz CT molecular complexity index is 421. The Hall–Kier alpha value is -1.77. The van der Waals surface area contributed by atoms with Crippen molar-refractivity contribution in [3.63, 3.8) is 0 Å². The summed E-state index contributed by atoms with van der Waals surface area (Å²) in [5.41, 5.74) is 0.727. The van der Waals surface area contributed by atoms with Crippen LogP contribution >= 0.6 is 0 Å². The molecule has 0 fully saturated rings. The van der Waals surface area contributed by atoms with E-state index in [1.807, 2.05) is 6.07 Å². The summed E-state index contributed by atoms with van der Waals surface area (Å²) in [5, 5.41) is 19.0. The van der Waals surface area contributed by atoms with Gasteiger partial charge in [0.05, 0.1) is 5.76 Å². The Morgan fingerprint density at radius 3 is 2.53 bits per heavy atom. The highest BCUT2D eigenvalue weighted by Gasteiger charge is 2.23. The first-order valence-corrected chi connectivity index (χ1v) is 4.87. The van der Waals surface area contributed by atoms with Crippen LogP contribution < -0.4 is 0 Å². The number of hydrogen-bond acceptors (Lipinski definition) is 3. The number of hydrogen-bond donors (Lipinski definition) is 2. The van der Waals surface area contributed by atoms with E-state index in [1.165, 1.54) is 6.08 Å². The number of phenols is 1. The number of aromatic hydroxyl groups is 1. The highest BCUT2D eigenvalue weighted by molar-refractivity contribution is 5.91. The van der Waals surface area contributed by atoms with E-state index in [9.17, 15) is 15.0 Å². The fourth-order valence-corrected chi connectivity index (χ4v) is 1.92. The van der Waals surface area contributed by atoms with Crippen molar-refractivity contribution in [2.75, 3.05) is 0 Å². The molecular weight excluding hydrogens is 192 g/mol. The quantitative estimate of drug-likeness (QED) is 0.737. The zero-order chi connectivity index (χ0) is 10.8. The zero-order valence-electron chi connectivity index (χ0n) is 8.18. The number of para-hydroxylation sites is 1. The van der Waals surface area contributed by atoms with Gasteiger partial charge in [-0.1, -0.05) is 18.2 Å². The van der Waals surface area contributed by atoms with E-state index in [-0.39, 0.29) is 23.2 Å². The van der Waals surface area contributed by atoms with Crippen LogP contribution in [0.2, 0.25) is 0 Å². The highest BCUT2D eigenvalue weighted by Crippen LogP contribution is 2.34. The normalized spacial score (nSPS) is 21.2. The van der Waals surface area contributed by atoms with E-state index in [2.05, 4.69) is 0 Å². The molecule has 1 aromatic rings.